The van der Waals surface area contributed by atoms with E-state index in [1.807, 2.05) is 0 Å². The minimum Gasteiger partial charge on any atom is -0.355 e. The van der Waals surface area contributed by atoms with Crippen LogP contribution in [0, 0.1) is 0 Å². The first kappa shape index (κ1) is 21.4. The summed E-state index contributed by atoms with van der Waals surface area (Å²) in [6, 6.07) is 0.857. The Balaban J connectivity index is 0.00000441. The van der Waals surface area contributed by atoms with E-state index in [2.05, 4.69) is 41.3 Å². The van der Waals surface area contributed by atoms with Crippen molar-refractivity contribution in [3.05, 3.63) is 0 Å². The smallest absolute Gasteiger partial charge is 0.243 e. The summed E-state index contributed by atoms with van der Waals surface area (Å²) in [7, 11) is 3.50. The minimum absolute atomic E-state index is 0. The highest BCUT2D eigenvalue weighted by Gasteiger charge is 2.22. The average Bonchev–Trinajstić information content (AvgIpc) is 2.88. The third kappa shape index (κ3) is 7.62. The molecule has 0 bridgehead atoms. The van der Waals surface area contributed by atoms with Gasteiger partial charge >= 0.3 is 0 Å². The summed E-state index contributed by atoms with van der Waals surface area (Å²) in [5.74, 6) is 0.735. The van der Waals surface area contributed by atoms with E-state index in [1.54, 1.807) is 19.0 Å². The predicted octanol–water partition coefficient (Wildman–Crippen LogP) is 1.12. The summed E-state index contributed by atoms with van der Waals surface area (Å²) in [5, 5.41) is 6.66. The number of hydrogen-bond acceptors (Lipinski definition) is 3. The van der Waals surface area contributed by atoms with Crippen LogP contribution in [0.4, 0.5) is 0 Å². The molecule has 0 aromatic rings. The summed E-state index contributed by atoms with van der Waals surface area (Å²) in [4.78, 5) is 20.1. The van der Waals surface area contributed by atoms with Gasteiger partial charge in [-0.15, -0.1) is 24.0 Å². The number of guanidine groups is 1. The van der Waals surface area contributed by atoms with Crippen molar-refractivity contribution < 1.29 is 4.79 Å². The van der Waals surface area contributed by atoms with Gasteiger partial charge in [0.2, 0.25) is 5.91 Å². The molecule has 0 aliphatic carbocycles. The molecule has 1 aliphatic rings. The maximum Gasteiger partial charge on any atom is 0.243 e. The van der Waals surface area contributed by atoms with E-state index >= 15 is 0 Å². The second-order valence-corrected chi connectivity index (χ2v) is 6.06. The van der Waals surface area contributed by atoms with E-state index < -0.39 is 0 Å². The van der Waals surface area contributed by atoms with Crippen molar-refractivity contribution in [3.63, 3.8) is 0 Å². The van der Waals surface area contributed by atoms with Gasteiger partial charge in [0, 0.05) is 32.7 Å². The lowest BCUT2D eigenvalue weighted by molar-refractivity contribution is -0.127. The number of hydrogen-bond donors (Lipinski definition) is 2. The maximum absolute atomic E-state index is 11.6. The summed E-state index contributed by atoms with van der Waals surface area (Å²) < 4.78 is 0. The Kier molecular flexibility index (Phi) is 10.8. The molecule has 6 nitrogen and oxygen atoms in total. The van der Waals surface area contributed by atoms with E-state index in [1.165, 1.54) is 19.4 Å². The molecule has 2 N–H and O–H groups in total. The van der Waals surface area contributed by atoms with Gasteiger partial charge in [0.1, 0.15) is 6.54 Å². The molecular formula is C15H32IN5O. The van der Waals surface area contributed by atoms with Gasteiger partial charge in [-0.2, -0.15) is 0 Å². The van der Waals surface area contributed by atoms with E-state index in [-0.39, 0.29) is 42.5 Å². The molecule has 7 heteroatoms. The van der Waals surface area contributed by atoms with Crippen LogP contribution < -0.4 is 10.6 Å². The number of carbonyl (C=O) groups excluding carboxylic acids is 1. The van der Waals surface area contributed by atoms with Gasteiger partial charge in [0.05, 0.1) is 0 Å². The Morgan fingerprint density at radius 3 is 2.64 bits per heavy atom. The van der Waals surface area contributed by atoms with E-state index in [9.17, 15) is 4.79 Å². The Morgan fingerprint density at radius 2 is 2.09 bits per heavy atom. The number of aliphatic imine (C=N–C) groups is 1. The fourth-order valence-electron chi connectivity index (χ4n) is 2.47. The van der Waals surface area contributed by atoms with E-state index in [0.717, 1.165) is 19.0 Å². The number of nitrogens with one attached hydrogen (secondary N) is 2. The summed E-state index contributed by atoms with van der Waals surface area (Å²) >= 11 is 0. The van der Waals surface area contributed by atoms with Crippen molar-refractivity contribution >= 4 is 35.8 Å². The van der Waals surface area contributed by atoms with Gasteiger partial charge < -0.3 is 15.5 Å². The molecule has 130 valence electrons. The topological polar surface area (TPSA) is 60.0 Å². The number of rotatable bonds is 6. The maximum atomic E-state index is 11.6. The number of carbonyl (C=O) groups is 1. The van der Waals surface area contributed by atoms with Crippen molar-refractivity contribution in [1.82, 2.24) is 20.4 Å². The summed E-state index contributed by atoms with van der Waals surface area (Å²) in [5.41, 5.74) is 0. The van der Waals surface area contributed by atoms with Crippen molar-refractivity contribution in [1.29, 1.82) is 0 Å². The zero-order chi connectivity index (χ0) is 15.8. The normalized spacial score (nSPS) is 19.0. The van der Waals surface area contributed by atoms with Crippen LogP contribution in [0.2, 0.25) is 0 Å². The molecule has 0 saturated carbocycles. The predicted molar refractivity (Wildman–Crippen MR) is 103 cm³/mol. The lowest BCUT2D eigenvalue weighted by atomic mass is 10.2. The molecule has 22 heavy (non-hydrogen) atoms. The minimum atomic E-state index is 0. The third-order valence-corrected chi connectivity index (χ3v) is 3.71. The zero-order valence-corrected chi connectivity index (χ0v) is 16.9. The fourth-order valence-corrected chi connectivity index (χ4v) is 2.47. The number of likely N-dealkylation sites (N-methyl/N-ethyl adjacent to an activating group) is 2. The van der Waals surface area contributed by atoms with Crippen LogP contribution in [0.25, 0.3) is 0 Å². The number of amides is 1. The van der Waals surface area contributed by atoms with Gasteiger partial charge in [-0.1, -0.05) is 6.92 Å². The molecule has 1 fully saturated rings. The number of likely N-dealkylation sites (tertiary alicyclic amines) is 1. The SMILES string of the molecule is CCN1CCCC1CNC(=NCC(=O)N(C)C)NC(C)C.I. The van der Waals surface area contributed by atoms with E-state index in [4.69, 9.17) is 0 Å². The molecule has 0 spiro atoms. The summed E-state index contributed by atoms with van der Waals surface area (Å²) in [6.07, 6.45) is 2.50. The van der Waals surface area contributed by atoms with Crippen LogP contribution >= 0.6 is 24.0 Å². The Bertz CT molecular complexity index is 360. The third-order valence-electron chi connectivity index (χ3n) is 3.71. The van der Waals surface area contributed by atoms with Crippen molar-refractivity contribution in [3.8, 4) is 0 Å². The van der Waals surface area contributed by atoms with Crippen LogP contribution in [0.15, 0.2) is 4.99 Å². The first-order valence-corrected chi connectivity index (χ1v) is 7.93. The molecule has 1 amide bonds. The highest BCUT2D eigenvalue weighted by Crippen LogP contribution is 2.15. The first-order valence-electron chi connectivity index (χ1n) is 7.93. The summed E-state index contributed by atoms with van der Waals surface area (Å²) in [6.45, 7) is 9.68. The fraction of sp³-hybridized carbons (Fsp3) is 0.867. The molecule has 0 radical (unpaired) electrons. The largest absolute Gasteiger partial charge is 0.355 e. The highest BCUT2D eigenvalue weighted by atomic mass is 127. The van der Waals surface area contributed by atoms with Gasteiger partial charge in [0.25, 0.3) is 0 Å². The lowest BCUT2D eigenvalue weighted by Gasteiger charge is -2.24. The molecule has 1 unspecified atom stereocenters. The molecule has 1 atom stereocenters. The average molecular weight is 425 g/mol. The first-order chi connectivity index (χ1) is 9.93. The number of halogens is 1. The second-order valence-electron chi connectivity index (χ2n) is 6.06. The van der Waals surface area contributed by atoms with Crippen LogP contribution in [0.3, 0.4) is 0 Å². The molecule has 1 heterocycles. The Labute approximate surface area is 152 Å². The number of nitrogens with zero attached hydrogens (tertiary/aromatic N) is 3. The van der Waals surface area contributed by atoms with Crippen molar-refractivity contribution in [2.45, 2.75) is 45.7 Å². The monoisotopic (exact) mass is 425 g/mol. The molecule has 0 aromatic heterocycles. The van der Waals surface area contributed by atoms with Crippen molar-refractivity contribution in [2.24, 2.45) is 4.99 Å². The zero-order valence-electron chi connectivity index (χ0n) is 14.6. The molecule has 1 rings (SSSR count). The quantitative estimate of drug-likeness (QED) is 0.381. The van der Waals surface area contributed by atoms with Crippen molar-refractivity contribution in [2.75, 3.05) is 40.3 Å². The van der Waals surface area contributed by atoms with Gasteiger partial charge in [-0.3, -0.25) is 9.69 Å². The van der Waals surface area contributed by atoms with Gasteiger partial charge in [-0.05, 0) is 39.8 Å². The molecule has 0 aromatic carbocycles. The molecule has 1 aliphatic heterocycles. The van der Waals surface area contributed by atoms with Crippen LogP contribution in [-0.2, 0) is 4.79 Å². The molecular weight excluding hydrogens is 393 g/mol. The molecule has 1 saturated heterocycles. The van der Waals surface area contributed by atoms with Gasteiger partial charge in [0.15, 0.2) is 5.96 Å². The second kappa shape index (κ2) is 11.0. The van der Waals surface area contributed by atoms with Gasteiger partial charge in [-0.25, -0.2) is 4.99 Å². The lowest BCUT2D eigenvalue weighted by Crippen LogP contribution is -2.47. The standard InChI is InChI=1S/C15H31N5O.HI/c1-6-20-9-7-8-13(20)10-16-15(18-12(2)3)17-11-14(21)19(4)5;/h12-13H,6-11H2,1-5H3,(H2,16,17,18);1H. The highest BCUT2D eigenvalue weighted by molar-refractivity contribution is 14.0. The Hall–Kier alpha value is -0.570. The van der Waals surface area contributed by atoms with E-state index in [0.29, 0.717) is 6.04 Å². The Morgan fingerprint density at radius 1 is 1.41 bits per heavy atom. The van der Waals surface area contributed by atoms with Crippen LogP contribution in [0.5, 0.6) is 0 Å². The van der Waals surface area contributed by atoms with Crippen LogP contribution in [0.1, 0.15) is 33.6 Å². The van der Waals surface area contributed by atoms with Crippen LogP contribution in [-0.4, -0.2) is 74.0 Å².